The maximum atomic E-state index is 9.30. The lowest BCUT2D eigenvalue weighted by Gasteiger charge is -2.08. The van der Waals surface area contributed by atoms with Crippen molar-refractivity contribution in [1.29, 1.82) is 0 Å². The molecule has 0 aliphatic heterocycles. The smallest absolute Gasteiger partial charge is 0.102 e. The van der Waals surface area contributed by atoms with Crippen LogP contribution in [-0.2, 0) is 11.4 Å². The Hall–Kier alpha value is -0.940. The number of aliphatic hydroxyl groups excluding tert-OH is 2. The van der Waals surface area contributed by atoms with Crippen molar-refractivity contribution in [2.45, 2.75) is 12.7 Å². The first-order valence-electron chi connectivity index (χ1n) is 3.97. The lowest BCUT2D eigenvalue weighted by atomic mass is 10.1. The predicted octanol–water partition coefficient (Wildman–Crippen LogP) is 0.103. The van der Waals surface area contributed by atoms with E-state index in [9.17, 15) is 5.11 Å². The summed E-state index contributed by atoms with van der Waals surface area (Å²) in [5.74, 6) is 4.91. The maximum Gasteiger partial charge on any atom is 0.102 e. The molecule has 0 heterocycles. The molecule has 0 fully saturated rings. The van der Waals surface area contributed by atoms with Gasteiger partial charge in [0.1, 0.15) is 6.10 Å². The Balaban J connectivity index is 2.78. The van der Waals surface area contributed by atoms with E-state index in [1.54, 1.807) is 18.2 Å². The molecular weight excluding hydrogens is 170 g/mol. The van der Waals surface area contributed by atoms with Crippen LogP contribution in [-0.4, -0.2) is 16.8 Å². The van der Waals surface area contributed by atoms with Crippen molar-refractivity contribution in [1.82, 2.24) is 0 Å². The summed E-state index contributed by atoms with van der Waals surface area (Å²) in [6.45, 7) is 0.0128. The van der Waals surface area contributed by atoms with Crippen LogP contribution in [0.1, 0.15) is 17.2 Å². The predicted molar refractivity (Wildman–Crippen MR) is 47.5 cm³/mol. The fourth-order valence-electron chi connectivity index (χ4n) is 1.09. The SMILES string of the molecule is NOCc1cccc(C(O)CO)c1. The Bertz CT molecular complexity index is 265. The van der Waals surface area contributed by atoms with E-state index in [0.717, 1.165) is 5.56 Å². The molecule has 4 nitrogen and oxygen atoms in total. The molecule has 1 atom stereocenters. The van der Waals surface area contributed by atoms with Crippen LogP contribution in [0.2, 0.25) is 0 Å². The zero-order valence-corrected chi connectivity index (χ0v) is 7.18. The first-order valence-corrected chi connectivity index (χ1v) is 3.97. The minimum Gasteiger partial charge on any atom is -0.393 e. The lowest BCUT2D eigenvalue weighted by Crippen LogP contribution is -2.04. The Morgan fingerprint density at radius 3 is 2.85 bits per heavy atom. The van der Waals surface area contributed by atoms with Crippen molar-refractivity contribution in [2.24, 2.45) is 5.90 Å². The molecule has 0 radical (unpaired) electrons. The molecule has 0 amide bonds. The van der Waals surface area contributed by atoms with Gasteiger partial charge >= 0.3 is 0 Å². The molecule has 72 valence electrons. The highest BCUT2D eigenvalue weighted by molar-refractivity contribution is 5.24. The molecule has 0 saturated carbocycles. The average Bonchev–Trinajstić information content (AvgIpc) is 2.18. The van der Waals surface area contributed by atoms with E-state index in [1.807, 2.05) is 6.07 Å². The second-order valence-corrected chi connectivity index (χ2v) is 2.75. The molecule has 4 heteroatoms. The van der Waals surface area contributed by atoms with E-state index < -0.39 is 6.10 Å². The highest BCUT2D eigenvalue weighted by Gasteiger charge is 2.05. The van der Waals surface area contributed by atoms with Crippen LogP contribution >= 0.6 is 0 Å². The Morgan fingerprint density at radius 1 is 1.46 bits per heavy atom. The standard InChI is InChI=1S/C9H13NO3/c10-13-6-7-2-1-3-8(4-7)9(12)5-11/h1-4,9,11-12H,5-6,10H2. The molecule has 0 spiro atoms. The number of benzene rings is 1. The lowest BCUT2D eigenvalue weighted by molar-refractivity contribution is 0.0949. The van der Waals surface area contributed by atoms with Crippen molar-refractivity contribution in [3.8, 4) is 0 Å². The molecule has 0 aliphatic carbocycles. The first-order chi connectivity index (χ1) is 6.27. The van der Waals surface area contributed by atoms with Gasteiger partial charge in [0.15, 0.2) is 0 Å². The largest absolute Gasteiger partial charge is 0.393 e. The molecule has 0 saturated heterocycles. The van der Waals surface area contributed by atoms with Crippen molar-refractivity contribution >= 4 is 0 Å². The van der Waals surface area contributed by atoms with Gasteiger partial charge in [-0.05, 0) is 11.1 Å². The van der Waals surface area contributed by atoms with Gasteiger partial charge in [0.05, 0.1) is 13.2 Å². The van der Waals surface area contributed by atoms with Gasteiger partial charge in [-0.15, -0.1) is 0 Å². The summed E-state index contributed by atoms with van der Waals surface area (Å²) in [6.07, 6.45) is -0.835. The summed E-state index contributed by atoms with van der Waals surface area (Å²) < 4.78 is 0. The van der Waals surface area contributed by atoms with Crippen LogP contribution in [0.4, 0.5) is 0 Å². The fraction of sp³-hybridized carbons (Fsp3) is 0.333. The summed E-state index contributed by atoms with van der Waals surface area (Å²) in [6, 6.07) is 7.09. The van der Waals surface area contributed by atoms with Crippen molar-refractivity contribution in [2.75, 3.05) is 6.61 Å². The average molecular weight is 183 g/mol. The van der Waals surface area contributed by atoms with Gasteiger partial charge in [-0.1, -0.05) is 24.3 Å². The Labute approximate surface area is 76.5 Å². The minimum absolute atomic E-state index is 0.285. The van der Waals surface area contributed by atoms with Crippen LogP contribution in [0.3, 0.4) is 0 Å². The van der Waals surface area contributed by atoms with Gasteiger partial charge in [-0.2, -0.15) is 0 Å². The topological polar surface area (TPSA) is 75.7 Å². The van der Waals surface area contributed by atoms with Crippen LogP contribution in [0.5, 0.6) is 0 Å². The van der Waals surface area contributed by atoms with Crippen LogP contribution in [0.15, 0.2) is 24.3 Å². The highest BCUT2D eigenvalue weighted by atomic mass is 16.6. The normalized spacial score (nSPS) is 12.8. The van der Waals surface area contributed by atoms with Crippen molar-refractivity contribution in [3.63, 3.8) is 0 Å². The van der Waals surface area contributed by atoms with Gasteiger partial charge < -0.3 is 10.2 Å². The Morgan fingerprint density at radius 2 is 2.23 bits per heavy atom. The minimum atomic E-state index is -0.835. The molecule has 0 bridgehead atoms. The summed E-state index contributed by atoms with van der Waals surface area (Å²) in [4.78, 5) is 4.45. The van der Waals surface area contributed by atoms with Gasteiger partial charge in [-0.3, -0.25) is 4.84 Å². The second kappa shape index (κ2) is 4.94. The van der Waals surface area contributed by atoms with E-state index in [-0.39, 0.29) is 6.61 Å². The third kappa shape index (κ3) is 2.78. The number of aliphatic hydroxyl groups is 2. The third-order valence-electron chi connectivity index (χ3n) is 1.76. The van der Waals surface area contributed by atoms with Crippen molar-refractivity contribution in [3.05, 3.63) is 35.4 Å². The molecule has 1 rings (SSSR count). The summed E-state index contributed by atoms with van der Waals surface area (Å²) in [7, 11) is 0. The molecule has 1 unspecified atom stereocenters. The zero-order chi connectivity index (χ0) is 9.68. The van der Waals surface area contributed by atoms with E-state index >= 15 is 0 Å². The first kappa shape index (κ1) is 10.1. The quantitative estimate of drug-likeness (QED) is 0.579. The summed E-state index contributed by atoms with van der Waals surface area (Å²) >= 11 is 0. The second-order valence-electron chi connectivity index (χ2n) is 2.75. The van der Waals surface area contributed by atoms with Crippen LogP contribution in [0.25, 0.3) is 0 Å². The monoisotopic (exact) mass is 183 g/mol. The van der Waals surface area contributed by atoms with E-state index in [4.69, 9.17) is 11.0 Å². The highest BCUT2D eigenvalue weighted by Crippen LogP contribution is 2.13. The summed E-state index contributed by atoms with van der Waals surface area (Å²) in [5.41, 5.74) is 1.53. The third-order valence-corrected chi connectivity index (χ3v) is 1.76. The van der Waals surface area contributed by atoms with Gasteiger partial charge in [0, 0.05) is 0 Å². The fourth-order valence-corrected chi connectivity index (χ4v) is 1.09. The summed E-state index contributed by atoms with van der Waals surface area (Å²) in [5, 5.41) is 18.0. The van der Waals surface area contributed by atoms with Crippen LogP contribution in [0, 0.1) is 0 Å². The molecule has 13 heavy (non-hydrogen) atoms. The maximum absolute atomic E-state index is 9.30. The van der Waals surface area contributed by atoms with Gasteiger partial charge in [0.25, 0.3) is 0 Å². The number of hydrogen-bond donors (Lipinski definition) is 3. The molecular formula is C9H13NO3. The van der Waals surface area contributed by atoms with Gasteiger partial charge in [0.2, 0.25) is 0 Å². The molecule has 1 aromatic carbocycles. The number of nitrogens with two attached hydrogens (primary N) is 1. The van der Waals surface area contributed by atoms with Crippen molar-refractivity contribution < 1.29 is 15.1 Å². The van der Waals surface area contributed by atoms with E-state index in [1.165, 1.54) is 0 Å². The molecule has 0 aliphatic rings. The Kier molecular flexibility index (Phi) is 3.85. The molecule has 1 aromatic rings. The number of hydrogen-bond acceptors (Lipinski definition) is 4. The number of rotatable bonds is 4. The van der Waals surface area contributed by atoms with E-state index in [2.05, 4.69) is 4.84 Å². The molecule has 4 N–H and O–H groups in total. The van der Waals surface area contributed by atoms with E-state index in [0.29, 0.717) is 12.2 Å². The molecule has 0 aromatic heterocycles. The van der Waals surface area contributed by atoms with Gasteiger partial charge in [-0.25, -0.2) is 5.90 Å². The zero-order valence-electron chi connectivity index (χ0n) is 7.18. The van der Waals surface area contributed by atoms with Crippen LogP contribution < -0.4 is 5.90 Å².